The van der Waals surface area contributed by atoms with E-state index in [-0.39, 0.29) is 0 Å². The molecule has 0 atom stereocenters. The average molecular weight is 525 g/mol. The van der Waals surface area contributed by atoms with Crippen molar-refractivity contribution in [3.8, 4) is 34.2 Å². The summed E-state index contributed by atoms with van der Waals surface area (Å²) in [5.74, 6) is 1.76. The average Bonchev–Trinajstić information content (AvgIpc) is 3.45. The maximum absolute atomic E-state index is 6.31. The first-order valence-corrected chi connectivity index (χ1v) is 13.5. The van der Waals surface area contributed by atoms with Gasteiger partial charge in [0.15, 0.2) is 17.5 Å². The smallest absolute Gasteiger partial charge is 0.456 e. The SMILES string of the molecule is CC1(C)OB(c2cccc(-c3nc(-c4ccccc4)nc(-c4ccc5c(c4)oc4ccccc45)n3)c2)OC1(C)C. The summed E-state index contributed by atoms with van der Waals surface area (Å²) in [6.45, 7) is 8.22. The standard InChI is InChI=1S/C33H28BN3O3/c1-32(2)33(3,4)40-34(39-32)24-14-10-13-22(19-24)30-35-29(21-11-6-5-7-12-21)36-31(37-30)23-17-18-26-25-15-8-9-16-27(25)38-28(26)20-23/h5-20H,1-4H3. The van der Waals surface area contributed by atoms with Crippen LogP contribution >= 0.6 is 0 Å². The highest BCUT2D eigenvalue weighted by Crippen LogP contribution is 2.37. The van der Waals surface area contributed by atoms with Gasteiger partial charge in [0.2, 0.25) is 0 Å². The maximum Gasteiger partial charge on any atom is 0.494 e. The minimum Gasteiger partial charge on any atom is -0.456 e. The summed E-state index contributed by atoms with van der Waals surface area (Å²) in [5.41, 5.74) is 4.35. The van der Waals surface area contributed by atoms with Crippen molar-refractivity contribution in [2.45, 2.75) is 38.9 Å². The molecule has 4 aromatic carbocycles. The van der Waals surface area contributed by atoms with Crippen LogP contribution in [0.15, 0.2) is 101 Å². The van der Waals surface area contributed by atoms with Crippen molar-refractivity contribution in [1.82, 2.24) is 15.0 Å². The highest BCUT2D eigenvalue weighted by atomic mass is 16.7. The number of hydrogen-bond acceptors (Lipinski definition) is 6. The van der Waals surface area contributed by atoms with E-state index in [1.54, 1.807) is 0 Å². The van der Waals surface area contributed by atoms with Crippen molar-refractivity contribution in [3.05, 3.63) is 97.1 Å². The van der Waals surface area contributed by atoms with E-state index >= 15 is 0 Å². The van der Waals surface area contributed by atoms with Gasteiger partial charge in [-0.1, -0.05) is 78.9 Å². The Bertz CT molecular complexity index is 1870. The van der Waals surface area contributed by atoms with E-state index in [2.05, 4.69) is 39.8 Å². The van der Waals surface area contributed by atoms with Crippen molar-refractivity contribution in [2.75, 3.05) is 0 Å². The second kappa shape index (κ2) is 9.12. The Balaban J connectivity index is 1.35. The van der Waals surface area contributed by atoms with Gasteiger partial charge >= 0.3 is 7.12 Å². The van der Waals surface area contributed by atoms with E-state index in [1.165, 1.54) is 0 Å². The van der Waals surface area contributed by atoms with Crippen molar-refractivity contribution in [3.63, 3.8) is 0 Å². The van der Waals surface area contributed by atoms with E-state index in [0.717, 1.165) is 44.1 Å². The highest BCUT2D eigenvalue weighted by Gasteiger charge is 2.51. The fourth-order valence-corrected chi connectivity index (χ4v) is 5.02. The molecule has 0 amide bonds. The van der Waals surface area contributed by atoms with Crippen LogP contribution in [0.1, 0.15) is 27.7 Å². The molecular formula is C33H28BN3O3. The Morgan fingerprint density at radius 3 is 1.82 bits per heavy atom. The molecule has 196 valence electrons. The number of fused-ring (bicyclic) bond motifs is 3. The molecule has 0 aliphatic carbocycles. The molecule has 3 heterocycles. The fraction of sp³-hybridized carbons (Fsp3) is 0.182. The van der Waals surface area contributed by atoms with Gasteiger partial charge in [0.05, 0.1) is 11.2 Å². The van der Waals surface area contributed by atoms with E-state index in [4.69, 9.17) is 28.7 Å². The van der Waals surface area contributed by atoms with Crippen LogP contribution in [0, 0.1) is 0 Å². The summed E-state index contributed by atoms with van der Waals surface area (Å²) >= 11 is 0. The van der Waals surface area contributed by atoms with Crippen LogP contribution in [0.4, 0.5) is 0 Å². The molecule has 40 heavy (non-hydrogen) atoms. The molecular weight excluding hydrogens is 497 g/mol. The number of para-hydroxylation sites is 1. The lowest BCUT2D eigenvalue weighted by molar-refractivity contribution is 0.00578. The van der Waals surface area contributed by atoms with Crippen molar-refractivity contribution in [2.24, 2.45) is 0 Å². The zero-order chi connectivity index (χ0) is 27.5. The first-order valence-electron chi connectivity index (χ1n) is 13.5. The van der Waals surface area contributed by atoms with E-state index in [0.29, 0.717) is 17.5 Å². The number of benzene rings is 4. The predicted octanol–water partition coefficient (Wildman–Crippen LogP) is 7.07. The molecule has 0 N–H and O–H groups in total. The third-order valence-corrected chi connectivity index (χ3v) is 7.97. The molecule has 7 heteroatoms. The molecule has 0 unspecified atom stereocenters. The van der Waals surface area contributed by atoms with Crippen molar-refractivity contribution < 1.29 is 13.7 Å². The topological polar surface area (TPSA) is 70.3 Å². The molecule has 1 saturated heterocycles. The van der Waals surface area contributed by atoms with Crippen LogP contribution in [0.3, 0.4) is 0 Å². The number of hydrogen-bond donors (Lipinski definition) is 0. The van der Waals surface area contributed by atoms with Crippen LogP contribution in [-0.4, -0.2) is 33.3 Å². The van der Waals surface area contributed by atoms with Crippen LogP contribution < -0.4 is 5.46 Å². The third-order valence-electron chi connectivity index (χ3n) is 7.97. The molecule has 1 fully saturated rings. The predicted molar refractivity (Wildman–Crippen MR) is 159 cm³/mol. The molecule has 1 aliphatic rings. The van der Waals surface area contributed by atoms with Gasteiger partial charge in [0, 0.05) is 27.5 Å². The minimum atomic E-state index is -0.477. The largest absolute Gasteiger partial charge is 0.494 e. The molecule has 0 saturated carbocycles. The zero-order valence-electron chi connectivity index (χ0n) is 22.9. The van der Waals surface area contributed by atoms with Crippen LogP contribution in [0.25, 0.3) is 56.1 Å². The summed E-state index contributed by atoms with van der Waals surface area (Å²) in [4.78, 5) is 14.7. The maximum atomic E-state index is 6.31. The van der Waals surface area contributed by atoms with E-state index in [1.807, 2.05) is 84.9 Å². The normalized spacial score (nSPS) is 16.1. The zero-order valence-corrected chi connectivity index (χ0v) is 22.9. The summed E-state index contributed by atoms with van der Waals surface area (Å²) in [6.07, 6.45) is 0. The summed E-state index contributed by atoms with van der Waals surface area (Å²) in [7, 11) is -0.477. The lowest BCUT2D eigenvalue weighted by Crippen LogP contribution is -2.41. The Morgan fingerprint density at radius 2 is 1.10 bits per heavy atom. The van der Waals surface area contributed by atoms with Gasteiger partial charge in [0.1, 0.15) is 11.2 Å². The van der Waals surface area contributed by atoms with E-state index < -0.39 is 18.3 Å². The lowest BCUT2D eigenvalue weighted by Gasteiger charge is -2.32. The highest BCUT2D eigenvalue weighted by molar-refractivity contribution is 6.62. The molecule has 0 radical (unpaired) electrons. The second-order valence-electron chi connectivity index (χ2n) is 11.2. The van der Waals surface area contributed by atoms with Gasteiger partial charge in [-0.2, -0.15) is 0 Å². The lowest BCUT2D eigenvalue weighted by atomic mass is 9.78. The Labute approximate surface area is 233 Å². The summed E-state index contributed by atoms with van der Waals surface area (Å²) < 4.78 is 18.8. The van der Waals surface area contributed by atoms with Crippen LogP contribution in [0.2, 0.25) is 0 Å². The van der Waals surface area contributed by atoms with Gasteiger partial charge in [0.25, 0.3) is 0 Å². The van der Waals surface area contributed by atoms with E-state index in [9.17, 15) is 0 Å². The van der Waals surface area contributed by atoms with Crippen LogP contribution in [0.5, 0.6) is 0 Å². The third kappa shape index (κ3) is 4.19. The molecule has 7 rings (SSSR count). The first kappa shape index (κ1) is 24.7. The summed E-state index contributed by atoms with van der Waals surface area (Å²) in [5, 5.41) is 2.15. The van der Waals surface area contributed by atoms with Gasteiger partial charge in [-0.05, 0) is 51.4 Å². The fourth-order valence-electron chi connectivity index (χ4n) is 5.02. The summed E-state index contributed by atoms with van der Waals surface area (Å²) in [6, 6.07) is 32.2. The number of aromatic nitrogens is 3. The molecule has 0 bridgehead atoms. The van der Waals surface area contributed by atoms with Crippen molar-refractivity contribution in [1.29, 1.82) is 0 Å². The Morgan fingerprint density at radius 1 is 0.525 bits per heavy atom. The Hall–Kier alpha value is -4.33. The quantitative estimate of drug-likeness (QED) is 0.229. The van der Waals surface area contributed by atoms with Crippen LogP contribution in [-0.2, 0) is 9.31 Å². The van der Waals surface area contributed by atoms with Gasteiger partial charge in [-0.25, -0.2) is 15.0 Å². The monoisotopic (exact) mass is 525 g/mol. The van der Waals surface area contributed by atoms with Gasteiger partial charge < -0.3 is 13.7 Å². The molecule has 0 spiro atoms. The Kier molecular flexibility index (Phi) is 5.63. The van der Waals surface area contributed by atoms with Gasteiger partial charge in [-0.3, -0.25) is 0 Å². The molecule has 6 aromatic rings. The molecule has 2 aromatic heterocycles. The first-order chi connectivity index (χ1) is 19.3. The number of furan rings is 1. The minimum absolute atomic E-state index is 0.427. The number of nitrogens with zero attached hydrogens (tertiary/aromatic N) is 3. The van der Waals surface area contributed by atoms with Crippen molar-refractivity contribution >= 4 is 34.5 Å². The second-order valence-corrected chi connectivity index (χ2v) is 11.2. The molecule has 6 nitrogen and oxygen atoms in total. The number of rotatable bonds is 4. The molecule has 1 aliphatic heterocycles. The van der Waals surface area contributed by atoms with Gasteiger partial charge in [-0.15, -0.1) is 0 Å².